The molecule has 5 saturated carbocycles. The quantitative estimate of drug-likeness (QED) is 0.538. The number of fused-ring (bicyclic) bond motifs is 7. The first-order chi connectivity index (χ1) is 17.4. The lowest BCUT2D eigenvalue weighted by Crippen LogP contribution is -2.65. The van der Waals surface area contributed by atoms with E-state index in [1.54, 1.807) is 0 Å². The van der Waals surface area contributed by atoms with Gasteiger partial charge in [-0.05, 0) is 110 Å². The molecular weight excluding hydrogens is 480 g/mol. The van der Waals surface area contributed by atoms with Crippen LogP contribution in [0.15, 0.2) is 0 Å². The van der Waals surface area contributed by atoms with E-state index in [0.29, 0.717) is 46.9 Å². The maximum Gasteiger partial charge on any atom is 0.152 e. The van der Waals surface area contributed by atoms with Gasteiger partial charge in [-0.3, -0.25) is 0 Å². The van der Waals surface area contributed by atoms with E-state index in [1.807, 2.05) is 0 Å². The number of aliphatic hydroxyl groups excluding tert-OH is 1. The molecule has 1 saturated heterocycles. The van der Waals surface area contributed by atoms with Gasteiger partial charge in [0, 0.05) is 31.7 Å². The Labute approximate surface area is 226 Å². The Hall–Kier alpha value is -0.170. The van der Waals surface area contributed by atoms with E-state index in [0.717, 1.165) is 43.2 Å². The first-order valence-electron chi connectivity index (χ1n) is 15.8. The molecule has 0 radical (unpaired) electrons. The third-order valence-corrected chi connectivity index (χ3v) is 15.4. The SMILES string of the molecule is CC1(C)C(O)CCC2(C)C1CCC1(C)C3CCC4(NCCN5CCS(=O)(=O)CC5)CCCC4C3CCC12. The lowest BCUT2D eigenvalue weighted by molar-refractivity contribution is -0.211. The molecule has 1 heterocycles. The highest BCUT2D eigenvalue weighted by Gasteiger charge is 2.66. The molecular formula is C31H54N2O3S. The average Bonchev–Trinajstić information content (AvgIpc) is 3.27. The van der Waals surface area contributed by atoms with Crippen LogP contribution in [-0.4, -0.2) is 67.8 Å². The topological polar surface area (TPSA) is 69.6 Å². The van der Waals surface area contributed by atoms with Gasteiger partial charge in [0.15, 0.2) is 9.84 Å². The van der Waals surface area contributed by atoms with Crippen molar-refractivity contribution >= 4 is 9.84 Å². The second-order valence-corrected chi connectivity index (χ2v) is 17.8. The summed E-state index contributed by atoms with van der Waals surface area (Å²) in [7, 11) is -2.80. The molecule has 2 N–H and O–H groups in total. The fraction of sp³-hybridized carbons (Fsp3) is 1.00. The van der Waals surface area contributed by atoms with Gasteiger partial charge in [0.05, 0.1) is 17.6 Å². The number of rotatable bonds is 4. The van der Waals surface area contributed by atoms with Crippen molar-refractivity contribution in [3.63, 3.8) is 0 Å². The first kappa shape index (κ1) is 27.0. The van der Waals surface area contributed by atoms with Crippen LogP contribution in [0.4, 0.5) is 0 Å². The van der Waals surface area contributed by atoms with Gasteiger partial charge in [-0.25, -0.2) is 8.42 Å². The molecule has 5 nitrogen and oxygen atoms in total. The fourth-order valence-corrected chi connectivity index (χ4v) is 13.2. The van der Waals surface area contributed by atoms with Gasteiger partial charge in [0.1, 0.15) is 0 Å². The Balaban J connectivity index is 1.15. The third kappa shape index (κ3) is 4.20. The predicted octanol–water partition coefficient (Wildman–Crippen LogP) is 4.89. The molecule has 0 amide bonds. The van der Waals surface area contributed by atoms with E-state index < -0.39 is 9.84 Å². The molecule has 0 bridgehead atoms. The maximum atomic E-state index is 11.8. The number of hydrogen-bond donors (Lipinski definition) is 2. The molecule has 6 rings (SSSR count). The van der Waals surface area contributed by atoms with Gasteiger partial charge in [0.25, 0.3) is 0 Å². The van der Waals surface area contributed by atoms with Crippen LogP contribution < -0.4 is 5.32 Å². The number of nitrogens with one attached hydrogen (secondary N) is 1. The highest BCUT2D eigenvalue weighted by Crippen LogP contribution is 2.72. The Morgan fingerprint density at radius 3 is 2.30 bits per heavy atom. The van der Waals surface area contributed by atoms with Crippen molar-refractivity contribution in [3.05, 3.63) is 0 Å². The van der Waals surface area contributed by atoms with Crippen LogP contribution in [0.5, 0.6) is 0 Å². The highest BCUT2D eigenvalue weighted by atomic mass is 32.2. The van der Waals surface area contributed by atoms with Crippen molar-refractivity contribution in [2.24, 2.45) is 45.8 Å². The molecule has 37 heavy (non-hydrogen) atoms. The van der Waals surface area contributed by atoms with Crippen molar-refractivity contribution < 1.29 is 13.5 Å². The maximum absolute atomic E-state index is 11.8. The van der Waals surface area contributed by atoms with Crippen molar-refractivity contribution in [2.45, 2.75) is 110 Å². The van der Waals surface area contributed by atoms with Gasteiger partial charge in [-0.2, -0.15) is 0 Å². The normalized spacial score (nSPS) is 50.9. The molecule has 6 heteroatoms. The lowest BCUT2D eigenvalue weighted by Gasteiger charge is -2.69. The number of sulfone groups is 1. The lowest BCUT2D eigenvalue weighted by atomic mass is 9.36. The summed E-state index contributed by atoms with van der Waals surface area (Å²) in [6, 6.07) is 0. The zero-order valence-electron chi connectivity index (χ0n) is 24.1. The van der Waals surface area contributed by atoms with Crippen molar-refractivity contribution in [3.8, 4) is 0 Å². The molecule has 6 fully saturated rings. The number of aliphatic hydroxyl groups is 1. The average molecular weight is 535 g/mol. The molecule has 212 valence electrons. The van der Waals surface area contributed by atoms with Crippen LogP contribution in [0, 0.1) is 45.8 Å². The minimum atomic E-state index is -2.80. The van der Waals surface area contributed by atoms with E-state index in [1.165, 1.54) is 64.2 Å². The van der Waals surface area contributed by atoms with Crippen LogP contribution in [0.25, 0.3) is 0 Å². The molecule has 1 aliphatic heterocycles. The summed E-state index contributed by atoms with van der Waals surface area (Å²) in [6.07, 6.45) is 14.4. The van der Waals surface area contributed by atoms with E-state index in [-0.39, 0.29) is 11.5 Å². The van der Waals surface area contributed by atoms with Gasteiger partial charge in [-0.1, -0.05) is 34.1 Å². The van der Waals surface area contributed by atoms with Crippen LogP contribution in [0.3, 0.4) is 0 Å². The zero-order chi connectivity index (χ0) is 26.3. The van der Waals surface area contributed by atoms with E-state index >= 15 is 0 Å². The van der Waals surface area contributed by atoms with E-state index in [2.05, 4.69) is 37.9 Å². The molecule has 0 spiro atoms. The van der Waals surface area contributed by atoms with Crippen LogP contribution in [-0.2, 0) is 9.84 Å². The van der Waals surface area contributed by atoms with Crippen molar-refractivity contribution in [1.29, 1.82) is 0 Å². The molecule has 6 aliphatic rings. The summed E-state index contributed by atoms with van der Waals surface area (Å²) < 4.78 is 23.6. The van der Waals surface area contributed by atoms with Gasteiger partial charge in [0.2, 0.25) is 0 Å². The summed E-state index contributed by atoms with van der Waals surface area (Å²) >= 11 is 0. The Kier molecular flexibility index (Phi) is 6.70. The first-order valence-corrected chi connectivity index (χ1v) is 17.6. The number of nitrogens with zero attached hydrogens (tertiary/aromatic N) is 1. The number of hydrogen-bond acceptors (Lipinski definition) is 5. The molecule has 0 aromatic heterocycles. The summed E-state index contributed by atoms with van der Waals surface area (Å²) in [4.78, 5) is 2.36. The molecule has 0 aromatic carbocycles. The minimum Gasteiger partial charge on any atom is -0.393 e. The smallest absolute Gasteiger partial charge is 0.152 e. The molecule has 0 aromatic rings. The van der Waals surface area contributed by atoms with Gasteiger partial charge >= 0.3 is 0 Å². The van der Waals surface area contributed by atoms with Crippen molar-refractivity contribution in [2.75, 3.05) is 37.7 Å². The van der Waals surface area contributed by atoms with Crippen LogP contribution >= 0.6 is 0 Å². The standard InChI is InChI=1S/C31H54N2O3S/c1-28(2)25-10-13-29(3)23-9-15-31(32-16-17-33-18-20-37(35,36)21-19-33)12-5-6-24(31)22(23)7-8-26(29)30(25,4)14-11-27(28)34/h22-27,32,34H,5-21H2,1-4H3. The summed E-state index contributed by atoms with van der Waals surface area (Å²) in [6.45, 7) is 13.4. The third-order valence-electron chi connectivity index (χ3n) is 13.8. The summed E-state index contributed by atoms with van der Waals surface area (Å²) in [5, 5.41) is 15.0. The minimum absolute atomic E-state index is 0.0425. The monoisotopic (exact) mass is 534 g/mol. The zero-order valence-corrected chi connectivity index (χ0v) is 24.9. The second kappa shape index (κ2) is 9.17. The van der Waals surface area contributed by atoms with E-state index in [4.69, 9.17) is 0 Å². The Morgan fingerprint density at radius 2 is 1.54 bits per heavy atom. The second-order valence-electron chi connectivity index (χ2n) is 15.5. The largest absolute Gasteiger partial charge is 0.393 e. The van der Waals surface area contributed by atoms with Crippen LogP contribution in [0.1, 0.15) is 98.3 Å². The molecule has 9 atom stereocenters. The van der Waals surface area contributed by atoms with E-state index in [9.17, 15) is 13.5 Å². The molecule has 9 unspecified atom stereocenters. The highest BCUT2D eigenvalue weighted by molar-refractivity contribution is 7.91. The fourth-order valence-electron chi connectivity index (χ4n) is 11.9. The summed E-state index contributed by atoms with van der Waals surface area (Å²) in [5.41, 5.74) is 1.21. The Bertz CT molecular complexity index is 969. The van der Waals surface area contributed by atoms with Gasteiger partial charge in [-0.15, -0.1) is 0 Å². The van der Waals surface area contributed by atoms with Crippen molar-refractivity contribution in [1.82, 2.24) is 10.2 Å². The summed E-state index contributed by atoms with van der Waals surface area (Å²) in [5.74, 6) is 4.68. The molecule has 5 aliphatic carbocycles. The van der Waals surface area contributed by atoms with Gasteiger partial charge < -0.3 is 15.3 Å². The van der Waals surface area contributed by atoms with Crippen LogP contribution in [0.2, 0.25) is 0 Å². The Morgan fingerprint density at radius 1 is 0.811 bits per heavy atom. The predicted molar refractivity (Wildman–Crippen MR) is 150 cm³/mol.